The van der Waals surface area contributed by atoms with E-state index in [1.165, 1.54) is 11.9 Å². The number of likely N-dealkylation sites (N-methyl/N-ethyl adjacent to an activating group) is 1. The SMILES string of the molecule is CCCN(C)C(=O)[C@H](O)[C@@H](O)C=O. The first kappa shape index (κ1) is 12.1. The zero-order chi connectivity index (χ0) is 10.4. The predicted octanol–water partition coefficient (Wildman–Crippen LogP) is -1.22. The number of rotatable bonds is 5. The molecule has 5 nitrogen and oxygen atoms in total. The molecule has 0 heterocycles. The lowest BCUT2D eigenvalue weighted by molar-refractivity contribution is -0.147. The molecule has 0 aromatic rings. The van der Waals surface area contributed by atoms with Crippen molar-refractivity contribution in [3.8, 4) is 0 Å². The van der Waals surface area contributed by atoms with Crippen LogP contribution in [-0.4, -0.2) is 53.1 Å². The van der Waals surface area contributed by atoms with Gasteiger partial charge in [0.1, 0.15) is 6.10 Å². The van der Waals surface area contributed by atoms with E-state index < -0.39 is 18.1 Å². The maximum Gasteiger partial charge on any atom is 0.254 e. The minimum absolute atomic E-state index is 0.141. The molecule has 0 rings (SSSR count). The van der Waals surface area contributed by atoms with E-state index in [1.54, 1.807) is 0 Å². The van der Waals surface area contributed by atoms with Crippen LogP contribution in [-0.2, 0) is 9.59 Å². The van der Waals surface area contributed by atoms with Crippen molar-refractivity contribution in [3.05, 3.63) is 0 Å². The Labute approximate surface area is 77.0 Å². The van der Waals surface area contributed by atoms with Gasteiger partial charge in [0.15, 0.2) is 12.4 Å². The Morgan fingerprint density at radius 3 is 2.46 bits per heavy atom. The lowest BCUT2D eigenvalue weighted by atomic mass is 10.2. The average Bonchev–Trinajstić information content (AvgIpc) is 2.14. The molecular formula is C8H15NO4. The van der Waals surface area contributed by atoms with Crippen molar-refractivity contribution in [1.29, 1.82) is 0 Å². The fraction of sp³-hybridized carbons (Fsp3) is 0.750. The second-order valence-electron chi connectivity index (χ2n) is 2.83. The number of carbonyl (C=O) groups excluding carboxylic acids is 2. The van der Waals surface area contributed by atoms with Gasteiger partial charge in [-0.3, -0.25) is 4.79 Å². The van der Waals surface area contributed by atoms with Crippen LogP contribution < -0.4 is 0 Å². The smallest absolute Gasteiger partial charge is 0.254 e. The quantitative estimate of drug-likeness (QED) is 0.531. The fourth-order valence-electron chi connectivity index (χ4n) is 0.892. The van der Waals surface area contributed by atoms with Crippen LogP contribution in [0, 0.1) is 0 Å². The molecule has 2 atom stereocenters. The number of aliphatic hydroxyl groups excluding tert-OH is 2. The third-order valence-electron chi connectivity index (χ3n) is 1.65. The van der Waals surface area contributed by atoms with Gasteiger partial charge in [-0.25, -0.2) is 0 Å². The molecule has 0 saturated heterocycles. The van der Waals surface area contributed by atoms with Crippen LogP contribution in [0.4, 0.5) is 0 Å². The summed E-state index contributed by atoms with van der Waals surface area (Å²) in [6.07, 6.45) is -2.38. The normalized spacial score (nSPS) is 14.8. The summed E-state index contributed by atoms with van der Waals surface area (Å²) in [6.45, 7) is 2.37. The Morgan fingerprint density at radius 1 is 1.54 bits per heavy atom. The number of nitrogens with zero attached hydrogens (tertiary/aromatic N) is 1. The van der Waals surface area contributed by atoms with E-state index >= 15 is 0 Å². The first-order chi connectivity index (χ1) is 6.04. The van der Waals surface area contributed by atoms with E-state index in [4.69, 9.17) is 10.2 Å². The molecule has 0 aliphatic carbocycles. The average molecular weight is 189 g/mol. The van der Waals surface area contributed by atoms with E-state index in [0.29, 0.717) is 6.54 Å². The van der Waals surface area contributed by atoms with E-state index in [-0.39, 0.29) is 6.29 Å². The Bertz CT molecular complexity index is 183. The topological polar surface area (TPSA) is 77.8 Å². The van der Waals surface area contributed by atoms with Crippen molar-refractivity contribution in [2.75, 3.05) is 13.6 Å². The van der Waals surface area contributed by atoms with E-state index in [2.05, 4.69) is 0 Å². The largest absolute Gasteiger partial charge is 0.382 e. The molecule has 2 N–H and O–H groups in total. The highest BCUT2D eigenvalue weighted by Crippen LogP contribution is 1.97. The molecule has 5 heteroatoms. The van der Waals surface area contributed by atoms with Crippen molar-refractivity contribution < 1.29 is 19.8 Å². The molecule has 76 valence electrons. The molecule has 0 spiro atoms. The van der Waals surface area contributed by atoms with Crippen LogP contribution in [0.25, 0.3) is 0 Å². The summed E-state index contributed by atoms with van der Waals surface area (Å²) in [5.41, 5.74) is 0. The van der Waals surface area contributed by atoms with Crippen LogP contribution in [0.3, 0.4) is 0 Å². The highest BCUT2D eigenvalue weighted by molar-refractivity contribution is 5.84. The van der Waals surface area contributed by atoms with E-state index in [9.17, 15) is 9.59 Å². The standard InChI is InChI=1S/C8H15NO4/c1-3-4-9(2)8(13)7(12)6(11)5-10/h5-7,11-12H,3-4H2,1-2H3/t6-,7+/m0/s1. The monoisotopic (exact) mass is 189 g/mol. The Hall–Kier alpha value is -0.940. The molecule has 1 amide bonds. The summed E-state index contributed by atoms with van der Waals surface area (Å²) in [5, 5.41) is 18.0. The molecule has 0 aromatic carbocycles. The number of aldehydes is 1. The van der Waals surface area contributed by atoms with E-state index in [1.807, 2.05) is 6.92 Å². The minimum Gasteiger partial charge on any atom is -0.382 e. The van der Waals surface area contributed by atoms with Gasteiger partial charge in [-0.05, 0) is 6.42 Å². The first-order valence-electron chi connectivity index (χ1n) is 4.11. The summed E-state index contributed by atoms with van der Waals surface area (Å²) in [7, 11) is 1.51. The van der Waals surface area contributed by atoms with Gasteiger partial charge >= 0.3 is 0 Å². The van der Waals surface area contributed by atoms with Crippen molar-refractivity contribution in [3.63, 3.8) is 0 Å². The molecular weight excluding hydrogens is 174 g/mol. The molecule has 0 unspecified atom stereocenters. The van der Waals surface area contributed by atoms with Gasteiger partial charge in [0.25, 0.3) is 5.91 Å². The summed E-state index contributed by atoms with van der Waals surface area (Å²) < 4.78 is 0. The molecule has 0 fully saturated rings. The highest BCUT2D eigenvalue weighted by Gasteiger charge is 2.25. The lowest BCUT2D eigenvalue weighted by Gasteiger charge is -2.20. The third-order valence-corrected chi connectivity index (χ3v) is 1.65. The summed E-state index contributed by atoms with van der Waals surface area (Å²) in [6, 6.07) is 0. The van der Waals surface area contributed by atoms with Gasteiger partial charge in [-0.1, -0.05) is 6.92 Å². The van der Waals surface area contributed by atoms with Crippen molar-refractivity contribution >= 4 is 12.2 Å². The predicted molar refractivity (Wildman–Crippen MR) is 46.0 cm³/mol. The Balaban J connectivity index is 4.15. The summed E-state index contributed by atoms with van der Waals surface area (Å²) in [4.78, 5) is 22.5. The molecule has 0 aliphatic rings. The minimum atomic E-state index is -1.64. The zero-order valence-electron chi connectivity index (χ0n) is 7.80. The molecule has 13 heavy (non-hydrogen) atoms. The number of amides is 1. The van der Waals surface area contributed by atoms with Crippen LogP contribution in [0.1, 0.15) is 13.3 Å². The fourth-order valence-corrected chi connectivity index (χ4v) is 0.892. The van der Waals surface area contributed by atoms with Gasteiger partial charge in [-0.15, -0.1) is 0 Å². The van der Waals surface area contributed by atoms with Crippen LogP contribution in [0.15, 0.2) is 0 Å². The van der Waals surface area contributed by atoms with Gasteiger partial charge in [0.05, 0.1) is 0 Å². The number of hydrogen-bond donors (Lipinski definition) is 2. The lowest BCUT2D eigenvalue weighted by Crippen LogP contribution is -2.44. The molecule has 0 radical (unpaired) electrons. The molecule has 0 bridgehead atoms. The summed E-state index contributed by atoms with van der Waals surface area (Å²) >= 11 is 0. The molecule has 0 aromatic heterocycles. The maximum atomic E-state index is 11.2. The third kappa shape index (κ3) is 3.52. The van der Waals surface area contributed by atoms with Gasteiger partial charge in [0, 0.05) is 13.6 Å². The summed E-state index contributed by atoms with van der Waals surface area (Å²) in [5.74, 6) is -0.638. The second kappa shape index (κ2) is 5.66. The van der Waals surface area contributed by atoms with Crippen molar-refractivity contribution in [2.45, 2.75) is 25.6 Å². The van der Waals surface area contributed by atoms with Crippen LogP contribution in [0.2, 0.25) is 0 Å². The van der Waals surface area contributed by atoms with E-state index in [0.717, 1.165) is 6.42 Å². The van der Waals surface area contributed by atoms with Gasteiger partial charge < -0.3 is 19.9 Å². The van der Waals surface area contributed by atoms with Crippen LogP contribution in [0.5, 0.6) is 0 Å². The molecule has 0 aliphatic heterocycles. The van der Waals surface area contributed by atoms with Crippen molar-refractivity contribution in [2.24, 2.45) is 0 Å². The first-order valence-corrected chi connectivity index (χ1v) is 4.11. The number of hydrogen-bond acceptors (Lipinski definition) is 4. The van der Waals surface area contributed by atoms with Gasteiger partial charge in [0.2, 0.25) is 0 Å². The number of carbonyl (C=O) groups is 2. The van der Waals surface area contributed by atoms with Crippen molar-refractivity contribution in [1.82, 2.24) is 4.90 Å². The Kier molecular flexibility index (Phi) is 5.25. The zero-order valence-corrected chi connectivity index (χ0v) is 7.80. The maximum absolute atomic E-state index is 11.2. The molecule has 0 saturated carbocycles. The second-order valence-corrected chi connectivity index (χ2v) is 2.83. The highest BCUT2D eigenvalue weighted by atomic mass is 16.3. The van der Waals surface area contributed by atoms with Crippen LogP contribution >= 0.6 is 0 Å². The van der Waals surface area contributed by atoms with Gasteiger partial charge in [-0.2, -0.15) is 0 Å². The number of aliphatic hydroxyl groups is 2. The Morgan fingerprint density at radius 2 is 2.08 bits per heavy atom.